The zero-order valence-electron chi connectivity index (χ0n) is 12.4. The Bertz CT molecular complexity index is 667. The molecule has 0 aliphatic rings. The van der Waals surface area contributed by atoms with Gasteiger partial charge in [-0.2, -0.15) is 0 Å². The normalized spacial score (nSPS) is 11.8. The number of halogens is 1. The number of nitrogens with zero attached hydrogens (tertiary/aromatic N) is 1. The van der Waals surface area contributed by atoms with E-state index in [0.29, 0.717) is 5.69 Å². The summed E-state index contributed by atoms with van der Waals surface area (Å²) in [5, 5.41) is 2.90. The molecule has 3 heteroatoms. The summed E-state index contributed by atoms with van der Waals surface area (Å²) in [7, 11) is 0. The lowest BCUT2D eigenvalue weighted by molar-refractivity contribution is 0.590. The van der Waals surface area contributed by atoms with Crippen LogP contribution >= 0.6 is 15.9 Å². The summed E-state index contributed by atoms with van der Waals surface area (Å²) >= 11 is 3.57. The molecular formula is C18H18BrNO. The first-order valence-electron chi connectivity index (χ1n) is 6.81. The van der Waals surface area contributed by atoms with E-state index in [1.165, 1.54) is 5.56 Å². The van der Waals surface area contributed by atoms with Gasteiger partial charge >= 0.3 is 0 Å². The van der Waals surface area contributed by atoms with Crippen LogP contribution in [0.15, 0.2) is 52.1 Å². The van der Waals surface area contributed by atoms with Gasteiger partial charge in [0.05, 0.1) is 0 Å². The van der Waals surface area contributed by atoms with E-state index in [0.717, 1.165) is 15.6 Å². The average Bonchev–Trinajstić information content (AvgIpc) is 2.44. The van der Waals surface area contributed by atoms with Crippen molar-refractivity contribution in [2.75, 3.05) is 0 Å². The van der Waals surface area contributed by atoms with Gasteiger partial charge in [-0.25, -0.2) is 0 Å². The monoisotopic (exact) mass is 343 g/mol. The number of hydrogen-bond acceptors (Lipinski definition) is 2. The Balaban J connectivity index is 2.27. The summed E-state index contributed by atoms with van der Waals surface area (Å²) in [5.74, 6) is 0. The van der Waals surface area contributed by atoms with Gasteiger partial charge in [0.25, 0.3) is 0 Å². The molecule has 0 N–H and O–H groups in total. The minimum Gasteiger partial charge on any atom is -0.145 e. The summed E-state index contributed by atoms with van der Waals surface area (Å²) in [6.45, 7) is 6.61. The van der Waals surface area contributed by atoms with Crippen molar-refractivity contribution in [3.8, 4) is 0 Å². The summed E-state index contributed by atoms with van der Waals surface area (Å²) in [4.78, 5) is 10.4. The first-order chi connectivity index (χ1) is 9.88. The Hall–Kier alpha value is -1.74. The highest BCUT2D eigenvalue weighted by Crippen LogP contribution is 2.27. The molecule has 0 heterocycles. The standard InChI is InChI=1S/C18H18BrNO/c1-18(2,3)15-10-14(11-16(19)12-15)5-4-13-6-8-17(20-21)9-7-13/h4-12H,1-3H3/b5-4+. The first kappa shape index (κ1) is 15.6. The first-order valence-corrected chi connectivity index (χ1v) is 7.60. The van der Waals surface area contributed by atoms with Gasteiger partial charge in [-0.05, 0) is 51.5 Å². The summed E-state index contributed by atoms with van der Waals surface area (Å²) < 4.78 is 1.08. The van der Waals surface area contributed by atoms with Crippen molar-refractivity contribution >= 4 is 33.8 Å². The summed E-state index contributed by atoms with van der Waals surface area (Å²) in [5.41, 5.74) is 4.04. The predicted molar refractivity (Wildman–Crippen MR) is 93.7 cm³/mol. The van der Waals surface area contributed by atoms with Crippen molar-refractivity contribution in [2.45, 2.75) is 26.2 Å². The molecule has 0 spiro atoms. The second kappa shape index (κ2) is 6.35. The molecule has 0 radical (unpaired) electrons. The third kappa shape index (κ3) is 4.36. The molecule has 0 aliphatic heterocycles. The Morgan fingerprint density at radius 2 is 1.57 bits per heavy atom. The zero-order chi connectivity index (χ0) is 15.5. The van der Waals surface area contributed by atoms with E-state index >= 15 is 0 Å². The fraction of sp³-hybridized carbons (Fsp3) is 0.222. The topological polar surface area (TPSA) is 29.4 Å². The van der Waals surface area contributed by atoms with Crippen LogP contribution in [0.25, 0.3) is 12.2 Å². The number of benzene rings is 2. The third-order valence-electron chi connectivity index (χ3n) is 3.25. The van der Waals surface area contributed by atoms with Gasteiger partial charge in [0.1, 0.15) is 5.69 Å². The van der Waals surface area contributed by atoms with Crippen molar-refractivity contribution in [1.82, 2.24) is 0 Å². The fourth-order valence-electron chi connectivity index (χ4n) is 1.98. The number of hydrogen-bond donors (Lipinski definition) is 0. The largest absolute Gasteiger partial charge is 0.145 e. The lowest BCUT2D eigenvalue weighted by atomic mass is 9.86. The van der Waals surface area contributed by atoms with Crippen molar-refractivity contribution in [2.24, 2.45) is 5.18 Å². The fourth-order valence-corrected chi connectivity index (χ4v) is 2.49. The second-order valence-corrected chi connectivity index (χ2v) is 6.96. The molecule has 0 saturated heterocycles. The van der Waals surface area contributed by atoms with Crippen molar-refractivity contribution < 1.29 is 0 Å². The molecule has 0 saturated carbocycles. The minimum absolute atomic E-state index is 0.115. The Morgan fingerprint density at radius 1 is 0.952 bits per heavy atom. The van der Waals surface area contributed by atoms with E-state index in [-0.39, 0.29) is 5.41 Å². The van der Waals surface area contributed by atoms with Crippen LogP contribution in [0.2, 0.25) is 0 Å². The molecule has 0 aliphatic carbocycles. The van der Waals surface area contributed by atoms with Gasteiger partial charge in [-0.3, -0.25) is 0 Å². The molecule has 2 aromatic carbocycles. The Labute approximate surface area is 134 Å². The lowest BCUT2D eigenvalue weighted by Gasteiger charge is -2.20. The van der Waals surface area contributed by atoms with Gasteiger partial charge < -0.3 is 0 Å². The smallest absolute Gasteiger partial charge is 0.108 e. The molecule has 0 bridgehead atoms. The molecular weight excluding hydrogens is 326 g/mol. The number of nitroso groups, excluding NO2 is 1. The molecule has 0 atom stereocenters. The van der Waals surface area contributed by atoms with Gasteiger partial charge in [0, 0.05) is 4.47 Å². The maximum absolute atomic E-state index is 10.4. The van der Waals surface area contributed by atoms with Crippen LogP contribution in [-0.2, 0) is 5.41 Å². The van der Waals surface area contributed by atoms with Crippen molar-refractivity contribution in [3.05, 3.63) is 68.5 Å². The Morgan fingerprint density at radius 3 is 2.14 bits per heavy atom. The van der Waals surface area contributed by atoms with Crippen molar-refractivity contribution in [3.63, 3.8) is 0 Å². The van der Waals surface area contributed by atoms with Crippen LogP contribution in [-0.4, -0.2) is 0 Å². The number of rotatable bonds is 3. The van der Waals surface area contributed by atoms with Crippen LogP contribution in [0, 0.1) is 4.91 Å². The van der Waals surface area contributed by atoms with E-state index in [4.69, 9.17) is 0 Å². The van der Waals surface area contributed by atoms with E-state index < -0.39 is 0 Å². The molecule has 2 nitrogen and oxygen atoms in total. The summed E-state index contributed by atoms with van der Waals surface area (Å²) in [6, 6.07) is 13.6. The minimum atomic E-state index is 0.115. The molecule has 0 unspecified atom stereocenters. The van der Waals surface area contributed by atoms with Gasteiger partial charge in [0.15, 0.2) is 0 Å². The third-order valence-corrected chi connectivity index (χ3v) is 3.71. The van der Waals surface area contributed by atoms with Crippen LogP contribution < -0.4 is 0 Å². The van der Waals surface area contributed by atoms with E-state index in [1.54, 1.807) is 12.1 Å². The molecule has 108 valence electrons. The zero-order valence-corrected chi connectivity index (χ0v) is 14.0. The van der Waals surface area contributed by atoms with Gasteiger partial charge in [-0.15, -0.1) is 4.91 Å². The van der Waals surface area contributed by atoms with Gasteiger partial charge in [-0.1, -0.05) is 67.1 Å². The highest BCUT2D eigenvalue weighted by Gasteiger charge is 2.14. The van der Waals surface area contributed by atoms with Crippen LogP contribution in [0.3, 0.4) is 0 Å². The SMILES string of the molecule is CC(C)(C)c1cc(Br)cc(/C=C/c2ccc(N=O)cc2)c1. The van der Waals surface area contributed by atoms with Crippen LogP contribution in [0.5, 0.6) is 0 Å². The van der Waals surface area contributed by atoms with Crippen LogP contribution in [0.4, 0.5) is 5.69 Å². The van der Waals surface area contributed by atoms with Crippen molar-refractivity contribution in [1.29, 1.82) is 0 Å². The molecule has 0 aromatic heterocycles. The molecule has 2 rings (SSSR count). The maximum atomic E-state index is 10.4. The van der Waals surface area contributed by atoms with Gasteiger partial charge in [0.2, 0.25) is 0 Å². The highest BCUT2D eigenvalue weighted by molar-refractivity contribution is 9.10. The van der Waals surface area contributed by atoms with Crippen LogP contribution in [0.1, 0.15) is 37.5 Å². The average molecular weight is 344 g/mol. The molecule has 0 fully saturated rings. The molecule has 0 amide bonds. The van der Waals surface area contributed by atoms with E-state index in [9.17, 15) is 4.91 Å². The van der Waals surface area contributed by atoms with E-state index in [1.807, 2.05) is 18.2 Å². The maximum Gasteiger partial charge on any atom is 0.108 e. The predicted octanol–water partition coefficient (Wildman–Crippen LogP) is 6.31. The summed E-state index contributed by atoms with van der Waals surface area (Å²) in [6.07, 6.45) is 4.10. The quantitative estimate of drug-likeness (QED) is 0.473. The Kier molecular flexibility index (Phi) is 4.73. The highest BCUT2D eigenvalue weighted by atomic mass is 79.9. The lowest BCUT2D eigenvalue weighted by Crippen LogP contribution is -2.11. The molecule has 2 aromatic rings. The molecule has 21 heavy (non-hydrogen) atoms. The second-order valence-electron chi connectivity index (χ2n) is 6.04. The van der Waals surface area contributed by atoms with E-state index in [2.05, 4.69) is 66.2 Å².